The van der Waals surface area contributed by atoms with Gasteiger partial charge >= 0.3 is 0 Å². The van der Waals surface area contributed by atoms with Crippen molar-refractivity contribution >= 4 is 21.8 Å². The molecule has 0 atom stereocenters. The number of hydrogen-bond donors (Lipinski definition) is 0. The van der Waals surface area contributed by atoms with E-state index in [1.54, 1.807) is 6.26 Å². The predicted molar refractivity (Wildman–Crippen MR) is 78.5 cm³/mol. The molecule has 106 valence electrons. The van der Waals surface area contributed by atoms with Crippen molar-refractivity contribution in [3.05, 3.63) is 24.2 Å². The van der Waals surface area contributed by atoms with Crippen molar-refractivity contribution in [2.75, 3.05) is 38.1 Å². The molecule has 0 aliphatic carbocycles. The highest BCUT2D eigenvalue weighted by molar-refractivity contribution is 9.09. The van der Waals surface area contributed by atoms with Crippen molar-refractivity contribution in [1.82, 2.24) is 9.80 Å². The van der Waals surface area contributed by atoms with Gasteiger partial charge in [-0.2, -0.15) is 0 Å². The van der Waals surface area contributed by atoms with E-state index < -0.39 is 0 Å². The van der Waals surface area contributed by atoms with Crippen LogP contribution in [0.2, 0.25) is 0 Å². The zero-order chi connectivity index (χ0) is 13.5. The summed E-state index contributed by atoms with van der Waals surface area (Å²) in [6.45, 7) is 4.87. The Labute approximate surface area is 122 Å². The van der Waals surface area contributed by atoms with Crippen molar-refractivity contribution in [2.24, 2.45) is 0 Å². The molecule has 1 fully saturated rings. The SMILES string of the molecule is O=C(CCc1ccco1)N1CCCN(CCBr)CC1. The maximum Gasteiger partial charge on any atom is 0.223 e. The number of carbonyl (C=O) groups is 1. The summed E-state index contributed by atoms with van der Waals surface area (Å²) in [6.07, 6.45) is 3.97. The second kappa shape index (κ2) is 7.70. The molecule has 19 heavy (non-hydrogen) atoms. The Hall–Kier alpha value is -0.810. The maximum absolute atomic E-state index is 12.2. The van der Waals surface area contributed by atoms with E-state index in [1.807, 2.05) is 17.0 Å². The Kier molecular flexibility index (Phi) is 5.92. The van der Waals surface area contributed by atoms with E-state index in [9.17, 15) is 4.79 Å². The van der Waals surface area contributed by atoms with Gasteiger partial charge in [-0.1, -0.05) is 15.9 Å². The van der Waals surface area contributed by atoms with Gasteiger partial charge in [0, 0.05) is 44.4 Å². The first-order valence-electron chi connectivity index (χ1n) is 6.88. The molecule has 0 radical (unpaired) electrons. The summed E-state index contributed by atoms with van der Waals surface area (Å²) >= 11 is 3.47. The minimum absolute atomic E-state index is 0.247. The molecule has 0 unspecified atom stereocenters. The number of carbonyl (C=O) groups excluding carboxylic acids is 1. The van der Waals surface area contributed by atoms with Crippen LogP contribution in [0.25, 0.3) is 0 Å². The van der Waals surface area contributed by atoms with Gasteiger partial charge in [0.1, 0.15) is 5.76 Å². The number of hydrogen-bond acceptors (Lipinski definition) is 3. The molecule has 0 aromatic carbocycles. The van der Waals surface area contributed by atoms with Gasteiger partial charge in [0.25, 0.3) is 0 Å². The van der Waals surface area contributed by atoms with E-state index >= 15 is 0 Å². The molecule has 2 heterocycles. The Balaban J connectivity index is 1.76. The van der Waals surface area contributed by atoms with E-state index in [0.29, 0.717) is 12.8 Å². The minimum Gasteiger partial charge on any atom is -0.469 e. The Bertz CT molecular complexity index is 381. The fourth-order valence-electron chi connectivity index (χ4n) is 2.41. The van der Waals surface area contributed by atoms with Crippen molar-refractivity contribution in [2.45, 2.75) is 19.3 Å². The molecule has 4 nitrogen and oxygen atoms in total. The quantitative estimate of drug-likeness (QED) is 0.777. The Morgan fingerprint density at radius 3 is 2.95 bits per heavy atom. The summed E-state index contributed by atoms with van der Waals surface area (Å²) in [5, 5.41) is 0.999. The first-order valence-corrected chi connectivity index (χ1v) is 8.00. The van der Waals surface area contributed by atoms with Crippen LogP contribution in [0.4, 0.5) is 0 Å². The van der Waals surface area contributed by atoms with Gasteiger partial charge in [-0.05, 0) is 25.1 Å². The number of nitrogens with zero attached hydrogens (tertiary/aromatic N) is 2. The lowest BCUT2D eigenvalue weighted by Gasteiger charge is -2.21. The minimum atomic E-state index is 0.247. The van der Waals surface area contributed by atoms with Crippen molar-refractivity contribution in [3.8, 4) is 0 Å². The van der Waals surface area contributed by atoms with Gasteiger partial charge in [-0.15, -0.1) is 0 Å². The average Bonchev–Trinajstić information content (AvgIpc) is 2.82. The molecule has 1 saturated heterocycles. The molecule has 0 spiro atoms. The van der Waals surface area contributed by atoms with Crippen molar-refractivity contribution in [1.29, 1.82) is 0 Å². The highest BCUT2D eigenvalue weighted by Crippen LogP contribution is 2.09. The standard InChI is InChI=1S/C14H21BrN2O2/c15-6-9-16-7-2-8-17(11-10-16)14(18)5-4-13-3-1-12-19-13/h1,3,12H,2,4-11H2. The van der Waals surface area contributed by atoms with E-state index in [2.05, 4.69) is 20.8 Å². The maximum atomic E-state index is 12.2. The normalized spacial score (nSPS) is 17.4. The van der Waals surface area contributed by atoms with E-state index in [-0.39, 0.29) is 5.91 Å². The van der Waals surface area contributed by atoms with Gasteiger partial charge in [-0.25, -0.2) is 0 Å². The van der Waals surface area contributed by atoms with Crippen LogP contribution in [0.3, 0.4) is 0 Å². The van der Waals surface area contributed by atoms with Crippen LogP contribution in [-0.4, -0.2) is 53.8 Å². The lowest BCUT2D eigenvalue weighted by Crippen LogP contribution is -2.35. The summed E-state index contributed by atoms with van der Waals surface area (Å²) in [6, 6.07) is 3.79. The molecular weight excluding hydrogens is 308 g/mol. The molecule has 5 heteroatoms. The summed E-state index contributed by atoms with van der Waals surface area (Å²) in [4.78, 5) is 16.6. The lowest BCUT2D eigenvalue weighted by atomic mass is 10.2. The van der Waals surface area contributed by atoms with Gasteiger partial charge < -0.3 is 14.2 Å². The first kappa shape index (κ1) is 14.6. The van der Waals surface area contributed by atoms with Gasteiger partial charge in [0.2, 0.25) is 5.91 Å². The average molecular weight is 329 g/mol. The van der Waals surface area contributed by atoms with Crippen LogP contribution >= 0.6 is 15.9 Å². The van der Waals surface area contributed by atoms with Crippen LogP contribution in [0.5, 0.6) is 0 Å². The van der Waals surface area contributed by atoms with Crippen molar-refractivity contribution < 1.29 is 9.21 Å². The Morgan fingerprint density at radius 1 is 1.32 bits per heavy atom. The molecule has 0 N–H and O–H groups in total. The highest BCUT2D eigenvalue weighted by Gasteiger charge is 2.18. The number of amides is 1. The van der Waals surface area contributed by atoms with Crippen LogP contribution in [0.15, 0.2) is 22.8 Å². The largest absolute Gasteiger partial charge is 0.469 e. The van der Waals surface area contributed by atoms with Crippen LogP contribution in [-0.2, 0) is 11.2 Å². The highest BCUT2D eigenvalue weighted by atomic mass is 79.9. The van der Waals surface area contributed by atoms with Gasteiger partial charge in [0.15, 0.2) is 0 Å². The molecule has 1 aliphatic heterocycles. The number of alkyl halides is 1. The summed E-state index contributed by atoms with van der Waals surface area (Å²) in [5.74, 6) is 1.14. The third kappa shape index (κ3) is 4.66. The number of rotatable bonds is 5. The van der Waals surface area contributed by atoms with E-state index in [4.69, 9.17) is 4.42 Å². The lowest BCUT2D eigenvalue weighted by molar-refractivity contribution is -0.131. The zero-order valence-corrected chi connectivity index (χ0v) is 12.8. The predicted octanol–water partition coefficient (Wildman–Crippen LogP) is 2.14. The third-order valence-electron chi connectivity index (χ3n) is 3.51. The second-order valence-corrected chi connectivity index (χ2v) is 5.64. The number of halogens is 1. The second-order valence-electron chi connectivity index (χ2n) is 4.84. The third-order valence-corrected chi connectivity index (χ3v) is 3.86. The molecule has 1 aromatic rings. The van der Waals surface area contributed by atoms with Gasteiger partial charge in [-0.3, -0.25) is 4.79 Å². The van der Waals surface area contributed by atoms with Gasteiger partial charge in [0.05, 0.1) is 6.26 Å². The smallest absolute Gasteiger partial charge is 0.223 e. The number of furan rings is 1. The summed E-state index contributed by atoms with van der Waals surface area (Å²) < 4.78 is 5.26. The topological polar surface area (TPSA) is 36.7 Å². The monoisotopic (exact) mass is 328 g/mol. The van der Waals surface area contributed by atoms with Crippen LogP contribution in [0.1, 0.15) is 18.6 Å². The zero-order valence-electron chi connectivity index (χ0n) is 11.2. The summed E-state index contributed by atoms with van der Waals surface area (Å²) in [5.41, 5.74) is 0. The molecule has 0 bridgehead atoms. The molecule has 1 aromatic heterocycles. The van der Waals surface area contributed by atoms with E-state index in [0.717, 1.165) is 50.2 Å². The fraction of sp³-hybridized carbons (Fsp3) is 0.643. The first-order chi connectivity index (χ1) is 9.29. The molecule has 1 amide bonds. The summed E-state index contributed by atoms with van der Waals surface area (Å²) in [7, 11) is 0. The molecule has 1 aliphatic rings. The molecule has 0 saturated carbocycles. The fourth-order valence-corrected chi connectivity index (χ4v) is 2.91. The van der Waals surface area contributed by atoms with Crippen molar-refractivity contribution in [3.63, 3.8) is 0 Å². The Morgan fingerprint density at radius 2 is 2.21 bits per heavy atom. The van der Waals surface area contributed by atoms with E-state index in [1.165, 1.54) is 0 Å². The van der Waals surface area contributed by atoms with Crippen LogP contribution < -0.4 is 0 Å². The molecule has 2 rings (SSSR count). The molecular formula is C14H21BrN2O2. The number of aryl methyl sites for hydroxylation is 1. The van der Waals surface area contributed by atoms with Crippen LogP contribution in [0, 0.1) is 0 Å².